The molecule has 1 atom stereocenters. The Bertz CT molecular complexity index is 594. The van der Waals surface area contributed by atoms with Crippen LogP contribution in [0.2, 0.25) is 0 Å². The quantitative estimate of drug-likeness (QED) is 0.751. The molecule has 124 valence electrons. The topological polar surface area (TPSA) is 29.5 Å². The summed E-state index contributed by atoms with van der Waals surface area (Å²) >= 11 is 0. The van der Waals surface area contributed by atoms with Gasteiger partial charge in [0, 0.05) is 0 Å². The third kappa shape index (κ3) is 4.57. The average molecular weight is 314 g/mol. The molecule has 0 aromatic heterocycles. The lowest BCUT2D eigenvalue weighted by atomic mass is 10.2. The summed E-state index contributed by atoms with van der Waals surface area (Å²) in [5, 5.41) is 10.5. The van der Waals surface area contributed by atoms with Crippen molar-refractivity contribution in [3.8, 4) is 5.75 Å². The van der Waals surface area contributed by atoms with Gasteiger partial charge in [0.2, 0.25) is 0 Å². The molecule has 23 heavy (non-hydrogen) atoms. The van der Waals surface area contributed by atoms with Gasteiger partial charge in [-0.1, -0.05) is 30.3 Å². The zero-order chi connectivity index (χ0) is 16.7. The Balaban J connectivity index is 2.02. The maximum absolute atomic E-state index is 10.5. The molecule has 0 aliphatic carbocycles. The van der Waals surface area contributed by atoms with E-state index in [0.717, 1.165) is 28.9 Å². The van der Waals surface area contributed by atoms with E-state index in [9.17, 15) is 5.11 Å². The van der Waals surface area contributed by atoms with Crippen molar-refractivity contribution in [2.24, 2.45) is 0 Å². The Labute approximate surface area is 139 Å². The van der Waals surface area contributed by atoms with Gasteiger partial charge in [-0.25, -0.2) is 0 Å². The zero-order valence-electron chi connectivity index (χ0n) is 14.4. The zero-order valence-corrected chi connectivity index (χ0v) is 14.4. The fraction of sp³-hybridized carbons (Fsp3) is 0.400. The van der Waals surface area contributed by atoms with Crippen molar-refractivity contribution in [3.05, 3.63) is 60.2 Å². The van der Waals surface area contributed by atoms with Crippen LogP contribution in [0.4, 0.5) is 5.69 Å². The number of quaternary nitrogens is 1. The lowest BCUT2D eigenvalue weighted by Gasteiger charge is -2.37. The number of benzene rings is 2. The first kappa shape index (κ1) is 17.5. The van der Waals surface area contributed by atoms with Crippen molar-refractivity contribution < 1.29 is 9.84 Å². The number of para-hydroxylation sites is 1. The molecule has 2 rings (SSSR count). The first-order valence-electron chi connectivity index (χ1n) is 8.39. The van der Waals surface area contributed by atoms with Crippen LogP contribution in [0.15, 0.2) is 54.6 Å². The van der Waals surface area contributed by atoms with E-state index in [2.05, 4.69) is 38.1 Å². The van der Waals surface area contributed by atoms with E-state index >= 15 is 0 Å². The molecule has 0 saturated heterocycles. The van der Waals surface area contributed by atoms with Gasteiger partial charge < -0.3 is 9.84 Å². The molecule has 0 aliphatic rings. The van der Waals surface area contributed by atoms with Crippen molar-refractivity contribution in [2.75, 3.05) is 26.2 Å². The third-order valence-corrected chi connectivity index (χ3v) is 4.51. The van der Waals surface area contributed by atoms with Gasteiger partial charge in [-0.2, -0.15) is 0 Å². The number of aliphatic hydroxyl groups excluding tert-OH is 1. The largest absolute Gasteiger partial charge is 0.491 e. The number of ether oxygens (including phenoxy) is 1. The molecule has 3 heteroatoms. The summed E-state index contributed by atoms with van der Waals surface area (Å²) in [5.41, 5.74) is 2.40. The molecule has 1 N–H and O–H groups in total. The normalized spacial score (nSPS) is 12.9. The van der Waals surface area contributed by atoms with E-state index in [1.165, 1.54) is 5.69 Å². The van der Waals surface area contributed by atoms with E-state index in [0.29, 0.717) is 13.2 Å². The Kier molecular flexibility index (Phi) is 6.20. The van der Waals surface area contributed by atoms with Crippen molar-refractivity contribution >= 4 is 5.69 Å². The van der Waals surface area contributed by atoms with Gasteiger partial charge in [-0.05, 0) is 50.6 Å². The molecule has 0 spiro atoms. The van der Waals surface area contributed by atoms with Crippen LogP contribution in [-0.2, 0) is 0 Å². The molecule has 0 radical (unpaired) electrons. The lowest BCUT2D eigenvalue weighted by molar-refractivity contribution is 0.0730. The lowest BCUT2D eigenvalue weighted by Crippen LogP contribution is -2.54. The number of hydrogen-bond acceptors (Lipinski definition) is 2. The summed E-state index contributed by atoms with van der Waals surface area (Å²) in [6, 6.07) is 18.4. The summed E-state index contributed by atoms with van der Waals surface area (Å²) in [5.74, 6) is 0.815. The van der Waals surface area contributed by atoms with Crippen molar-refractivity contribution in [1.29, 1.82) is 0 Å². The van der Waals surface area contributed by atoms with Crippen LogP contribution in [0, 0.1) is 6.92 Å². The minimum atomic E-state index is -0.504. The fourth-order valence-corrected chi connectivity index (χ4v) is 3.05. The molecule has 0 fully saturated rings. The first-order valence-corrected chi connectivity index (χ1v) is 8.39. The van der Waals surface area contributed by atoms with Crippen LogP contribution in [-0.4, -0.2) is 37.5 Å². The maximum Gasteiger partial charge on any atom is 0.137 e. The number of likely N-dealkylation sites (N-methyl/N-ethyl adjacent to an activating group) is 1. The van der Waals surface area contributed by atoms with Crippen LogP contribution in [0.1, 0.15) is 19.4 Å². The van der Waals surface area contributed by atoms with Gasteiger partial charge in [0.05, 0.1) is 13.1 Å². The first-order chi connectivity index (χ1) is 11.1. The van der Waals surface area contributed by atoms with Gasteiger partial charge in [-0.15, -0.1) is 0 Å². The molecule has 0 amide bonds. The monoisotopic (exact) mass is 314 g/mol. The highest BCUT2D eigenvalue weighted by molar-refractivity contribution is 5.42. The van der Waals surface area contributed by atoms with Crippen LogP contribution >= 0.6 is 0 Å². The summed E-state index contributed by atoms with van der Waals surface area (Å²) < 4.78 is 6.52. The Hall–Kier alpha value is -1.84. The molecule has 0 bridgehead atoms. The molecule has 1 unspecified atom stereocenters. The van der Waals surface area contributed by atoms with Crippen LogP contribution < -0.4 is 9.22 Å². The van der Waals surface area contributed by atoms with Gasteiger partial charge in [0.1, 0.15) is 30.7 Å². The molecular formula is C20H28NO2+. The predicted octanol–water partition coefficient (Wildman–Crippen LogP) is 3.78. The Morgan fingerprint density at radius 3 is 2.30 bits per heavy atom. The molecule has 2 aromatic carbocycles. The van der Waals surface area contributed by atoms with Crippen LogP contribution in [0.25, 0.3) is 0 Å². The second kappa shape index (κ2) is 8.14. The number of rotatable bonds is 8. The van der Waals surface area contributed by atoms with Crippen LogP contribution in [0.3, 0.4) is 0 Å². The summed E-state index contributed by atoms with van der Waals surface area (Å²) in [6.45, 7) is 9.24. The summed E-state index contributed by atoms with van der Waals surface area (Å²) in [7, 11) is 0. The highest BCUT2D eigenvalue weighted by Gasteiger charge is 2.29. The third-order valence-electron chi connectivity index (χ3n) is 4.51. The predicted molar refractivity (Wildman–Crippen MR) is 96.9 cm³/mol. The fourth-order valence-electron chi connectivity index (χ4n) is 3.05. The molecule has 0 heterocycles. The smallest absolute Gasteiger partial charge is 0.137 e. The Morgan fingerprint density at radius 2 is 1.70 bits per heavy atom. The second-order valence-electron chi connectivity index (χ2n) is 6.08. The standard InChI is InChI=1S/C20H28NO2/c1-4-21(5-2,18-11-7-6-8-12-18)15-19(22)16-23-20-13-9-10-17(3)14-20/h6-14,19,22H,4-5,15-16H2,1-3H3/q+1. The molecule has 3 nitrogen and oxygen atoms in total. The minimum Gasteiger partial charge on any atom is -0.491 e. The molecule has 0 aliphatic heterocycles. The SMILES string of the molecule is CC[N+](CC)(CC(O)COc1cccc(C)c1)c1ccccc1. The maximum atomic E-state index is 10.5. The van der Waals surface area contributed by atoms with Gasteiger partial charge >= 0.3 is 0 Å². The van der Waals surface area contributed by atoms with Gasteiger partial charge in [0.15, 0.2) is 0 Å². The second-order valence-corrected chi connectivity index (χ2v) is 6.08. The number of hydrogen-bond donors (Lipinski definition) is 1. The number of aryl methyl sites for hydroxylation is 1. The molecule has 2 aromatic rings. The van der Waals surface area contributed by atoms with E-state index in [1.807, 2.05) is 37.3 Å². The van der Waals surface area contributed by atoms with Crippen molar-refractivity contribution in [3.63, 3.8) is 0 Å². The Morgan fingerprint density at radius 1 is 1.00 bits per heavy atom. The number of nitrogens with zero attached hydrogens (tertiary/aromatic N) is 1. The molecular weight excluding hydrogens is 286 g/mol. The van der Waals surface area contributed by atoms with Crippen molar-refractivity contribution in [1.82, 2.24) is 4.48 Å². The number of aliphatic hydroxyl groups is 1. The highest BCUT2D eigenvalue weighted by Crippen LogP contribution is 2.23. The highest BCUT2D eigenvalue weighted by atomic mass is 16.5. The minimum absolute atomic E-state index is 0.316. The summed E-state index contributed by atoms with van der Waals surface area (Å²) in [6.07, 6.45) is -0.504. The molecule has 0 saturated carbocycles. The van der Waals surface area contributed by atoms with Crippen molar-refractivity contribution in [2.45, 2.75) is 26.9 Å². The van der Waals surface area contributed by atoms with E-state index < -0.39 is 6.10 Å². The van der Waals surface area contributed by atoms with E-state index in [-0.39, 0.29) is 0 Å². The van der Waals surface area contributed by atoms with Gasteiger partial charge in [0.25, 0.3) is 0 Å². The van der Waals surface area contributed by atoms with E-state index in [4.69, 9.17) is 4.74 Å². The van der Waals surface area contributed by atoms with Crippen LogP contribution in [0.5, 0.6) is 5.75 Å². The average Bonchev–Trinajstić information content (AvgIpc) is 2.59. The summed E-state index contributed by atoms with van der Waals surface area (Å²) in [4.78, 5) is 0. The van der Waals surface area contributed by atoms with E-state index in [1.54, 1.807) is 0 Å². The van der Waals surface area contributed by atoms with Gasteiger partial charge in [-0.3, -0.25) is 4.48 Å².